The van der Waals surface area contributed by atoms with Gasteiger partial charge in [-0.05, 0) is 42.0 Å². The summed E-state index contributed by atoms with van der Waals surface area (Å²) >= 11 is 0. The van der Waals surface area contributed by atoms with Gasteiger partial charge in [-0.25, -0.2) is 4.98 Å². The first-order chi connectivity index (χ1) is 12.1. The molecule has 5 nitrogen and oxygen atoms in total. The summed E-state index contributed by atoms with van der Waals surface area (Å²) in [5.41, 5.74) is 7.04. The molecule has 0 bridgehead atoms. The number of nitrogens with zero attached hydrogens (tertiary/aromatic N) is 1. The van der Waals surface area contributed by atoms with Gasteiger partial charge in [-0.2, -0.15) is 0 Å². The van der Waals surface area contributed by atoms with Crippen molar-refractivity contribution in [2.45, 2.75) is 6.54 Å². The number of carbonyl (C=O) groups is 1. The van der Waals surface area contributed by atoms with Crippen LogP contribution in [0.4, 0.5) is 5.82 Å². The zero-order valence-corrected chi connectivity index (χ0v) is 15.9. The van der Waals surface area contributed by atoms with E-state index in [1.54, 1.807) is 18.3 Å². The Morgan fingerprint density at radius 2 is 1.84 bits per heavy atom. The highest BCUT2D eigenvalue weighted by Gasteiger charge is 2.09. The average molecular weight is 349 g/mol. The topological polar surface area (TPSA) is 77.2 Å². The normalized spacial score (nSPS) is 10.4. The van der Waals surface area contributed by atoms with Crippen molar-refractivity contribution in [1.29, 1.82) is 0 Å². The van der Waals surface area contributed by atoms with Crippen LogP contribution in [0.15, 0.2) is 66.9 Å². The van der Waals surface area contributed by atoms with Crippen LogP contribution in [0.25, 0.3) is 0 Å². The van der Waals surface area contributed by atoms with E-state index >= 15 is 0 Å². The second kappa shape index (κ2) is 7.63. The molecular weight excluding hydrogens is 330 g/mol. The van der Waals surface area contributed by atoms with Gasteiger partial charge < -0.3 is 15.8 Å². The molecule has 126 valence electrons. The number of nitrogens with two attached hydrogens (primary N) is 1. The summed E-state index contributed by atoms with van der Waals surface area (Å²) in [6.07, 6.45) is 1.56. The number of benzene rings is 2. The summed E-state index contributed by atoms with van der Waals surface area (Å²) in [5.74, 6) is 1.53. The molecular formula is C19H19N3O2Si. The summed E-state index contributed by atoms with van der Waals surface area (Å²) < 4.78 is 5.89. The molecule has 0 fully saturated rings. The van der Waals surface area contributed by atoms with E-state index in [0.29, 0.717) is 12.1 Å². The highest BCUT2D eigenvalue weighted by Crippen LogP contribution is 2.21. The van der Waals surface area contributed by atoms with E-state index in [4.69, 9.17) is 10.5 Å². The Hall–Kier alpha value is -3.12. The van der Waals surface area contributed by atoms with E-state index in [0.717, 1.165) is 27.3 Å². The molecule has 1 heterocycles. The van der Waals surface area contributed by atoms with Crippen LogP contribution in [0, 0.1) is 0 Å². The van der Waals surface area contributed by atoms with E-state index in [2.05, 4.69) is 16.4 Å². The van der Waals surface area contributed by atoms with Crippen molar-refractivity contribution < 1.29 is 9.53 Å². The lowest BCUT2D eigenvalue weighted by molar-refractivity contribution is 0.0951. The predicted octanol–water partition coefficient (Wildman–Crippen LogP) is 1.38. The van der Waals surface area contributed by atoms with Gasteiger partial charge in [-0.15, -0.1) is 0 Å². The maximum Gasteiger partial charge on any atom is 0.255 e. The second-order valence-corrected chi connectivity index (χ2v) is 6.84. The lowest BCUT2D eigenvalue weighted by atomic mass is 10.2. The third-order valence-corrected chi connectivity index (χ3v) is 4.28. The van der Waals surface area contributed by atoms with E-state index < -0.39 is 0 Å². The summed E-state index contributed by atoms with van der Waals surface area (Å²) in [7, 11) is 0.980. The molecule has 0 unspecified atom stereocenters. The Morgan fingerprint density at radius 1 is 1.08 bits per heavy atom. The Morgan fingerprint density at radius 3 is 2.60 bits per heavy atom. The van der Waals surface area contributed by atoms with Crippen molar-refractivity contribution in [2.75, 3.05) is 5.73 Å². The van der Waals surface area contributed by atoms with Crippen LogP contribution in [0.1, 0.15) is 15.9 Å². The summed E-state index contributed by atoms with van der Waals surface area (Å²) in [6.45, 7) is 0.380. The molecule has 0 aliphatic heterocycles. The molecule has 0 aliphatic rings. The van der Waals surface area contributed by atoms with Crippen LogP contribution in [-0.4, -0.2) is 21.1 Å². The minimum atomic E-state index is -0.249. The third-order valence-electron chi connectivity index (χ3n) is 3.66. The number of nitrogens with one attached hydrogen (secondary N) is 1. The minimum absolute atomic E-state index is 0.222. The molecule has 1 amide bonds. The smallest absolute Gasteiger partial charge is 0.255 e. The van der Waals surface area contributed by atoms with E-state index in [1.807, 2.05) is 42.5 Å². The van der Waals surface area contributed by atoms with Crippen molar-refractivity contribution in [3.05, 3.63) is 78.0 Å². The molecule has 1 aromatic heterocycles. The molecule has 3 N–H and O–H groups in total. The van der Waals surface area contributed by atoms with Crippen molar-refractivity contribution >= 4 is 27.2 Å². The summed E-state index contributed by atoms with van der Waals surface area (Å²) in [6, 6.07) is 19.0. The number of nitrogen functional groups attached to an aromatic ring is 1. The van der Waals surface area contributed by atoms with Crippen LogP contribution in [-0.2, 0) is 6.54 Å². The second-order valence-electron chi connectivity index (χ2n) is 5.68. The average Bonchev–Trinajstić information content (AvgIpc) is 2.60. The van der Waals surface area contributed by atoms with Gasteiger partial charge in [0.25, 0.3) is 5.91 Å². The van der Waals surface area contributed by atoms with Crippen molar-refractivity contribution in [2.24, 2.45) is 0 Å². The highest BCUT2D eigenvalue weighted by atomic mass is 28.1. The maximum atomic E-state index is 12.2. The largest absolute Gasteiger partial charge is 0.457 e. The number of rotatable bonds is 5. The van der Waals surface area contributed by atoms with Crippen molar-refractivity contribution in [3.8, 4) is 11.5 Å². The number of ether oxygens (including phenoxy) is 1. The highest BCUT2D eigenvalue weighted by molar-refractivity contribution is 6.32. The Balaban J connectivity index is 1.66. The van der Waals surface area contributed by atoms with Gasteiger partial charge in [-0.1, -0.05) is 29.5 Å². The van der Waals surface area contributed by atoms with Gasteiger partial charge in [0, 0.05) is 23.0 Å². The van der Waals surface area contributed by atoms with Gasteiger partial charge in [0.15, 0.2) is 0 Å². The van der Waals surface area contributed by atoms with Gasteiger partial charge in [0.2, 0.25) is 0 Å². The molecule has 0 atom stereocenters. The SMILES string of the molecule is Nc1ncccc1C(=O)NCc1cccc(Oc2cccc([SiH3])c2)c1. The number of aromatic nitrogens is 1. The van der Waals surface area contributed by atoms with Gasteiger partial charge in [0.05, 0.1) is 5.56 Å². The fourth-order valence-electron chi connectivity index (χ4n) is 2.42. The fraction of sp³-hybridized carbons (Fsp3) is 0.0526. The molecule has 0 saturated heterocycles. The first-order valence-corrected chi connectivity index (χ1v) is 8.94. The number of carbonyl (C=O) groups excluding carboxylic acids is 1. The predicted molar refractivity (Wildman–Crippen MR) is 102 cm³/mol. The molecule has 3 rings (SSSR count). The molecule has 3 aromatic rings. The van der Waals surface area contributed by atoms with Crippen LogP contribution in [0.3, 0.4) is 0 Å². The van der Waals surface area contributed by atoms with E-state index in [-0.39, 0.29) is 11.7 Å². The molecule has 0 saturated carbocycles. The van der Waals surface area contributed by atoms with Gasteiger partial charge in [-0.3, -0.25) is 4.79 Å². The molecule has 0 radical (unpaired) electrons. The molecule has 0 spiro atoms. The van der Waals surface area contributed by atoms with Crippen molar-refractivity contribution in [1.82, 2.24) is 10.3 Å². The fourth-order valence-corrected chi connectivity index (χ4v) is 2.90. The van der Waals surface area contributed by atoms with E-state index in [1.165, 1.54) is 5.19 Å². The standard InChI is InChI=1S/C19H19N3O2Si/c20-18-17(8-3-9-21-18)19(23)22-12-13-4-1-5-14(10-13)24-15-6-2-7-16(25)11-15/h1-11H,12H2,25H3,(H2,20,21)(H,22,23). The Bertz CT molecular complexity index is 899. The first-order valence-electron chi connectivity index (χ1n) is 7.94. The Labute approximate surface area is 149 Å². The zero-order chi connectivity index (χ0) is 17.6. The van der Waals surface area contributed by atoms with Gasteiger partial charge in [0.1, 0.15) is 17.3 Å². The zero-order valence-electron chi connectivity index (χ0n) is 13.9. The van der Waals surface area contributed by atoms with Crippen LogP contribution >= 0.6 is 0 Å². The lowest BCUT2D eigenvalue weighted by Crippen LogP contribution is -2.24. The quantitative estimate of drug-likeness (QED) is 0.682. The summed E-state index contributed by atoms with van der Waals surface area (Å²) in [5, 5.41) is 4.12. The monoisotopic (exact) mass is 349 g/mol. The molecule has 6 heteroatoms. The molecule has 25 heavy (non-hydrogen) atoms. The number of hydrogen-bond acceptors (Lipinski definition) is 4. The maximum absolute atomic E-state index is 12.2. The number of hydrogen-bond donors (Lipinski definition) is 2. The van der Waals surface area contributed by atoms with Crippen LogP contribution in [0.2, 0.25) is 0 Å². The molecule has 2 aromatic carbocycles. The van der Waals surface area contributed by atoms with E-state index in [9.17, 15) is 4.79 Å². The summed E-state index contributed by atoms with van der Waals surface area (Å²) in [4.78, 5) is 16.1. The number of amides is 1. The lowest BCUT2D eigenvalue weighted by Gasteiger charge is -2.10. The van der Waals surface area contributed by atoms with Crippen LogP contribution < -0.4 is 21.0 Å². The minimum Gasteiger partial charge on any atom is -0.457 e. The molecule has 0 aliphatic carbocycles. The Kier molecular flexibility index (Phi) is 5.11. The van der Waals surface area contributed by atoms with Crippen LogP contribution in [0.5, 0.6) is 11.5 Å². The van der Waals surface area contributed by atoms with Gasteiger partial charge >= 0.3 is 0 Å². The first kappa shape index (κ1) is 16.7. The third kappa shape index (κ3) is 4.45. The number of anilines is 1. The van der Waals surface area contributed by atoms with Crippen molar-refractivity contribution in [3.63, 3.8) is 0 Å². The number of pyridine rings is 1.